The van der Waals surface area contributed by atoms with Gasteiger partial charge in [0, 0.05) is 45.0 Å². The number of rotatable bonds is 4. The maximum atomic E-state index is 12.2. The highest BCUT2D eigenvalue weighted by Crippen LogP contribution is 2.12. The van der Waals surface area contributed by atoms with E-state index in [9.17, 15) is 14.4 Å². The molecule has 0 saturated carbocycles. The molecule has 3 heterocycles. The number of hydrogen-bond acceptors (Lipinski definition) is 6. The fourth-order valence-corrected chi connectivity index (χ4v) is 2.70. The van der Waals surface area contributed by atoms with Gasteiger partial charge in [0.05, 0.1) is 0 Å². The Balaban J connectivity index is 1.45. The highest BCUT2D eigenvalue weighted by molar-refractivity contribution is 6.04. The van der Waals surface area contributed by atoms with E-state index in [1.807, 2.05) is 4.90 Å². The molecule has 0 bridgehead atoms. The number of anilines is 1. The average molecular weight is 318 g/mol. The molecule has 1 aromatic rings. The summed E-state index contributed by atoms with van der Waals surface area (Å²) in [5.74, 6) is 0.298. The Bertz CT molecular complexity index is 600. The molecule has 2 aliphatic heterocycles. The summed E-state index contributed by atoms with van der Waals surface area (Å²) in [5, 5.41) is 4.66. The summed E-state index contributed by atoms with van der Waals surface area (Å²) in [5.41, 5.74) is 0. The number of urea groups is 1. The first-order valence-electron chi connectivity index (χ1n) is 7.54. The van der Waals surface area contributed by atoms with E-state index in [2.05, 4.69) is 20.6 Å². The van der Waals surface area contributed by atoms with Crippen molar-refractivity contribution >= 4 is 23.8 Å². The number of carbonyl (C=O) groups excluding carboxylic acids is 3. The van der Waals surface area contributed by atoms with E-state index in [0.717, 1.165) is 0 Å². The van der Waals surface area contributed by atoms with Crippen molar-refractivity contribution in [2.24, 2.45) is 0 Å². The van der Waals surface area contributed by atoms with Crippen molar-refractivity contribution in [2.45, 2.75) is 18.9 Å². The van der Waals surface area contributed by atoms with Crippen molar-refractivity contribution in [3.8, 4) is 0 Å². The normalized spacial score (nSPS) is 21.1. The standard InChI is InChI=1S/C14H18N6O3/c21-11(3-2-10-12(22)18-14(23)17-10)19-6-8-20(9-7-19)13-15-4-1-5-16-13/h1,4-5,10H,2-3,6-9H2,(H2,17,18,22,23). The summed E-state index contributed by atoms with van der Waals surface area (Å²) in [6, 6.07) is 0.663. The Hall–Kier alpha value is -2.71. The van der Waals surface area contributed by atoms with Crippen LogP contribution in [0.1, 0.15) is 12.8 Å². The molecule has 9 nitrogen and oxygen atoms in total. The molecule has 23 heavy (non-hydrogen) atoms. The van der Waals surface area contributed by atoms with Gasteiger partial charge < -0.3 is 15.1 Å². The minimum atomic E-state index is -0.606. The largest absolute Gasteiger partial charge is 0.339 e. The lowest BCUT2D eigenvalue weighted by Crippen LogP contribution is -2.49. The van der Waals surface area contributed by atoms with Crippen molar-refractivity contribution in [3.05, 3.63) is 18.5 Å². The average Bonchev–Trinajstić information content (AvgIpc) is 2.91. The number of nitrogens with zero attached hydrogens (tertiary/aromatic N) is 4. The lowest BCUT2D eigenvalue weighted by molar-refractivity contribution is -0.131. The van der Waals surface area contributed by atoms with E-state index in [0.29, 0.717) is 38.5 Å². The minimum Gasteiger partial charge on any atom is -0.339 e. The van der Waals surface area contributed by atoms with Gasteiger partial charge in [-0.2, -0.15) is 0 Å². The molecule has 9 heteroatoms. The van der Waals surface area contributed by atoms with Crippen LogP contribution < -0.4 is 15.5 Å². The Morgan fingerprint density at radius 3 is 2.48 bits per heavy atom. The van der Waals surface area contributed by atoms with E-state index in [1.165, 1.54) is 0 Å². The molecule has 0 radical (unpaired) electrons. The topological polar surface area (TPSA) is 108 Å². The van der Waals surface area contributed by atoms with Gasteiger partial charge in [-0.05, 0) is 12.5 Å². The zero-order chi connectivity index (χ0) is 16.2. The zero-order valence-corrected chi connectivity index (χ0v) is 12.6. The maximum absolute atomic E-state index is 12.2. The third kappa shape index (κ3) is 3.55. The summed E-state index contributed by atoms with van der Waals surface area (Å²) >= 11 is 0. The molecule has 2 saturated heterocycles. The lowest BCUT2D eigenvalue weighted by Gasteiger charge is -2.34. The Morgan fingerprint density at radius 2 is 1.87 bits per heavy atom. The van der Waals surface area contributed by atoms with E-state index in [-0.39, 0.29) is 18.2 Å². The van der Waals surface area contributed by atoms with Crippen molar-refractivity contribution in [3.63, 3.8) is 0 Å². The van der Waals surface area contributed by atoms with Crippen LogP contribution in [-0.2, 0) is 9.59 Å². The van der Waals surface area contributed by atoms with Gasteiger partial charge in [0.15, 0.2) is 0 Å². The maximum Gasteiger partial charge on any atom is 0.322 e. The molecule has 4 amide bonds. The van der Waals surface area contributed by atoms with Crippen LogP contribution in [0.4, 0.5) is 10.7 Å². The van der Waals surface area contributed by atoms with Crippen LogP contribution in [0.5, 0.6) is 0 Å². The number of amides is 4. The van der Waals surface area contributed by atoms with Gasteiger partial charge in [-0.3, -0.25) is 14.9 Å². The van der Waals surface area contributed by atoms with Gasteiger partial charge in [-0.15, -0.1) is 0 Å². The van der Waals surface area contributed by atoms with Crippen LogP contribution in [0.3, 0.4) is 0 Å². The molecule has 0 aromatic carbocycles. The van der Waals surface area contributed by atoms with Crippen LogP contribution in [0.2, 0.25) is 0 Å². The fourth-order valence-electron chi connectivity index (χ4n) is 2.70. The quantitative estimate of drug-likeness (QED) is 0.698. The van der Waals surface area contributed by atoms with Crippen LogP contribution in [0.25, 0.3) is 0 Å². The monoisotopic (exact) mass is 318 g/mol. The van der Waals surface area contributed by atoms with Gasteiger partial charge >= 0.3 is 6.03 Å². The van der Waals surface area contributed by atoms with Crippen molar-refractivity contribution in [1.82, 2.24) is 25.5 Å². The Kier molecular flexibility index (Phi) is 4.35. The lowest BCUT2D eigenvalue weighted by atomic mass is 10.1. The molecule has 1 atom stereocenters. The van der Waals surface area contributed by atoms with E-state index < -0.39 is 12.1 Å². The van der Waals surface area contributed by atoms with E-state index in [4.69, 9.17) is 0 Å². The Morgan fingerprint density at radius 1 is 1.17 bits per heavy atom. The van der Waals surface area contributed by atoms with Crippen LogP contribution in [-0.4, -0.2) is 64.9 Å². The predicted molar refractivity (Wildman–Crippen MR) is 80.5 cm³/mol. The molecular formula is C14H18N6O3. The summed E-state index contributed by atoms with van der Waals surface area (Å²) < 4.78 is 0. The molecular weight excluding hydrogens is 300 g/mol. The number of hydrogen-bond donors (Lipinski definition) is 2. The summed E-state index contributed by atoms with van der Waals surface area (Å²) in [4.78, 5) is 46.9. The van der Waals surface area contributed by atoms with Crippen LogP contribution in [0.15, 0.2) is 18.5 Å². The zero-order valence-electron chi connectivity index (χ0n) is 12.6. The van der Waals surface area contributed by atoms with Crippen molar-refractivity contribution in [2.75, 3.05) is 31.1 Å². The second kappa shape index (κ2) is 6.59. The second-order valence-electron chi connectivity index (χ2n) is 5.47. The molecule has 2 N–H and O–H groups in total. The predicted octanol–water partition coefficient (Wildman–Crippen LogP) is -0.887. The first-order chi connectivity index (χ1) is 11.1. The van der Waals surface area contributed by atoms with Crippen LogP contribution in [0, 0.1) is 0 Å². The summed E-state index contributed by atoms with van der Waals surface area (Å²) in [6.45, 7) is 2.55. The first kappa shape index (κ1) is 15.2. The number of aromatic nitrogens is 2. The summed E-state index contributed by atoms with van der Waals surface area (Å²) in [6.07, 6.45) is 3.94. The van der Waals surface area contributed by atoms with E-state index in [1.54, 1.807) is 23.4 Å². The molecule has 122 valence electrons. The molecule has 2 aliphatic rings. The molecule has 0 aliphatic carbocycles. The Labute approximate surface area is 133 Å². The van der Waals surface area contributed by atoms with E-state index >= 15 is 0 Å². The SMILES string of the molecule is O=C1NC(=O)C(CCC(=O)N2CCN(c3ncccn3)CC2)N1. The van der Waals surface area contributed by atoms with Gasteiger partial charge in [0.2, 0.25) is 11.9 Å². The number of imide groups is 1. The first-order valence-corrected chi connectivity index (χ1v) is 7.54. The van der Waals surface area contributed by atoms with Gasteiger partial charge in [-0.1, -0.05) is 0 Å². The molecule has 1 aromatic heterocycles. The van der Waals surface area contributed by atoms with Gasteiger partial charge in [-0.25, -0.2) is 14.8 Å². The molecule has 2 fully saturated rings. The summed E-state index contributed by atoms with van der Waals surface area (Å²) in [7, 11) is 0. The third-order valence-corrected chi connectivity index (χ3v) is 3.97. The third-order valence-electron chi connectivity index (χ3n) is 3.97. The fraction of sp³-hybridized carbons (Fsp3) is 0.500. The number of piperazine rings is 1. The molecule has 3 rings (SSSR count). The van der Waals surface area contributed by atoms with Gasteiger partial charge in [0.1, 0.15) is 6.04 Å². The second-order valence-corrected chi connectivity index (χ2v) is 5.47. The van der Waals surface area contributed by atoms with Crippen molar-refractivity contribution < 1.29 is 14.4 Å². The minimum absolute atomic E-state index is 0.00687. The molecule has 0 spiro atoms. The number of nitrogens with one attached hydrogen (secondary N) is 2. The highest BCUT2D eigenvalue weighted by atomic mass is 16.2. The van der Waals surface area contributed by atoms with Crippen LogP contribution >= 0.6 is 0 Å². The van der Waals surface area contributed by atoms with Gasteiger partial charge in [0.25, 0.3) is 5.91 Å². The van der Waals surface area contributed by atoms with Crippen molar-refractivity contribution in [1.29, 1.82) is 0 Å². The smallest absolute Gasteiger partial charge is 0.322 e. The molecule has 1 unspecified atom stereocenters. The highest BCUT2D eigenvalue weighted by Gasteiger charge is 2.30. The number of carbonyl (C=O) groups is 3.